The van der Waals surface area contributed by atoms with Crippen LogP contribution in [0, 0.1) is 12.8 Å². The molecule has 1 fully saturated rings. The van der Waals surface area contributed by atoms with E-state index in [1.807, 2.05) is 35.8 Å². The number of rotatable bonds is 6. The third-order valence-electron chi connectivity index (χ3n) is 7.03. The largest absolute Gasteiger partial charge is 0.354 e. The SMILES string of the molecule is Cc1ccc(CN2CC[C@H](CNC(=O)[C@H](C)n3c4ccccc4c4cnn(C)c(=O)c43)C2)cc1. The first kappa shape index (κ1) is 22.3. The summed E-state index contributed by atoms with van der Waals surface area (Å²) in [6.07, 6.45) is 2.78. The molecule has 7 heteroatoms. The molecule has 1 aliphatic heterocycles. The fraction of sp³-hybridized carbons (Fsp3) is 0.370. The number of carbonyl (C=O) groups excluding carboxylic acids is 1. The number of carbonyl (C=O) groups is 1. The number of likely N-dealkylation sites (tertiary alicyclic amines) is 1. The van der Waals surface area contributed by atoms with Crippen LogP contribution in [-0.4, -0.2) is 44.8 Å². The summed E-state index contributed by atoms with van der Waals surface area (Å²) in [6, 6.07) is 16.0. The summed E-state index contributed by atoms with van der Waals surface area (Å²) in [6.45, 7) is 7.57. The lowest BCUT2D eigenvalue weighted by Gasteiger charge is -2.19. The van der Waals surface area contributed by atoms with E-state index in [1.165, 1.54) is 15.8 Å². The van der Waals surface area contributed by atoms with Gasteiger partial charge in [0.05, 0.1) is 11.7 Å². The lowest BCUT2D eigenvalue weighted by molar-refractivity contribution is -0.123. The van der Waals surface area contributed by atoms with Crippen LogP contribution in [0.4, 0.5) is 0 Å². The molecule has 2 aromatic carbocycles. The molecule has 4 aromatic rings. The summed E-state index contributed by atoms with van der Waals surface area (Å²) < 4.78 is 3.19. The van der Waals surface area contributed by atoms with Crippen molar-refractivity contribution < 1.29 is 4.79 Å². The molecule has 34 heavy (non-hydrogen) atoms. The second-order valence-corrected chi connectivity index (χ2v) is 9.52. The second-order valence-electron chi connectivity index (χ2n) is 9.52. The van der Waals surface area contributed by atoms with Gasteiger partial charge in [-0.05, 0) is 44.4 Å². The number of amides is 1. The van der Waals surface area contributed by atoms with Crippen LogP contribution in [-0.2, 0) is 18.4 Å². The van der Waals surface area contributed by atoms with E-state index < -0.39 is 6.04 Å². The van der Waals surface area contributed by atoms with Gasteiger partial charge in [0.25, 0.3) is 5.56 Å². The summed E-state index contributed by atoms with van der Waals surface area (Å²) in [7, 11) is 1.64. The third-order valence-corrected chi connectivity index (χ3v) is 7.03. The fourth-order valence-electron chi connectivity index (χ4n) is 5.08. The van der Waals surface area contributed by atoms with E-state index in [2.05, 4.69) is 46.5 Å². The molecule has 0 bridgehead atoms. The van der Waals surface area contributed by atoms with Crippen LogP contribution in [0.2, 0.25) is 0 Å². The molecule has 1 amide bonds. The number of hydrogen-bond acceptors (Lipinski definition) is 4. The normalized spacial score (nSPS) is 17.4. The van der Waals surface area contributed by atoms with Gasteiger partial charge in [0.15, 0.2) is 0 Å². The molecular weight excluding hydrogens is 426 g/mol. The number of benzene rings is 2. The van der Waals surface area contributed by atoms with Gasteiger partial charge < -0.3 is 9.88 Å². The minimum absolute atomic E-state index is 0.0708. The fourth-order valence-corrected chi connectivity index (χ4v) is 5.08. The number of nitrogens with one attached hydrogen (secondary N) is 1. The Morgan fingerprint density at radius 2 is 1.91 bits per heavy atom. The summed E-state index contributed by atoms with van der Waals surface area (Å²) in [4.78, 5) is 28.6. The Kier molecular flexibility index (Phi) is 5.96. The van der Waals surface area contributed by atoms with Crippen molar-refractivity contribution in [2.75, 3.05) is 19.6 Å². The van der Waals surface area contributed by atoms with E-state index >= 15 is 0 Å². The van der Waals surface area contributed by atoms with Crippen molar-refractivity contribution in [3.05, 3.63) is 76.2 Å². The lowest BCUT2D eigenvalue weighted by Crippen LogP contribution is -2.36. The topological polar surface area (TPSA) is 72.2 Å². The van der Waals surface area contributed by atoms with Crippen LogP contribution in [0.1, 0.15) is 30.5 Å². The highest BCUT2D eigenvalue weighted by Crippen LogP contribution is 2.29. The Balaban J connectivity index is 1.29. The zero-order chi connectivity index (χ0) is 23.8. The van der Waals surface area contributed by atoms with Crippen molar-refractivity contribution in [1.29, 1.82) is 0 Å². The first-order valence-electron chi connectivity index (χ1n) is 11.9. The number of hydrogen-bond donors (Lipinski definition) is 1. The Labute approximate surface area is 199 Å². The lowest BCUT2D eigenvalue weighted by atomic mass is 10.1. The zero-order valence-corrected chi connectivity index (χ0v) is 20.0. The summed E-state index contributed by atoms with van der Waals surface area (Å²) >= 11 is 0. The van der Waals surface area contributed by atoms with Gasteiger partial charge in [-0.1, -0.05) is 48.0 Å². The molecule has 0 aliphatic carbocycles. The van der Waals surface area contributed by atoms with Crippen molar-refractivity contribution in [3.8, 4) is 0 Å². The predicted octanol–water partition coefficient (Wildman–Crippen LogP) is 3.40. The zero-order valence-electron chi connectivity index (χ0n) is 20.0. The van der Waals surface area contributed by atoms with Gasteiger partial charge in [-0.15, -0.1) is 0 Å². The van der Waals surface area contributed by atoms with Gasteiger partial charge in [0.2, 0.25) is 5.91 Å². The summed E-state index contributed by atoms with van der Waals surface area (Å²) in [5.41, 5.74) is 3.79. The van der Waals surface area contributed by atoms with E-state index in [0.29, 0.717) is 18.0 Å². The van der Waals surface area contributed by atoms with Gasteiger partial charge in [0.1, 0.15) is 11.6 Å². The predicted molar refractivity (Wildman–Crippen MR) is 135 cm³/mol. The Morgan fingerprint density at radius 3 is 2.71 bits per heavy atom. The smallest absolute Gasteiger partial charge is 0.291 e. The van der Waals surface area contributed by atoms with Gasteiger partial charge in [-0.2, -0.15) is 5.10 Å². The number of fused-ring (bicyclic) bond motifs is 3. The highest BCUT2D eigenvalue weighted by atomic mass is 16.2. The van der Waals surface area contributed by atoms with Crippen molar-refractivity contribution >= 4 is 27.7 Å². The van der Waals surface area contributed by atoms with Gasteiger partial charge in [0, 0.05) is 37.5 Å². The first-order chi connectivity index (χ1) is 16.4. The molecule has 1 saturated heterocycles. The minimum atomic E-state index is -0.512. The molecule has 0 unspecified atom stereocenters. The molecule has 5 rings (SSSR count). The average Bonchev–Trinajstić information content (AvgIpc) is 3.43. The molecule has 2 aromatic heterocycles. The molecule has 0 spiro atoms. The van der Waals surface area contributed by atoms with Crippen LogP contribution >= 0.6 is 0 Å². The van der Waals surface area contributed by atoms with Crippen LogP contribution in [0.3, 0.4) is 0 Å². The van der Waals surface area contributed by atoms with E-state index in [0.717, 1.165) is 42.3 Å². The summed E-state index contributed by atoms with van der Waals surface area (Å²) in [5.74, 6) is 0.357. The molecule has 7 nitrogen and oxygen atoms in total. The number of aromatic nitrogens is 3. The van der Waals surface area contributed by atoms with Crippen LogP contribution in [0.15, 0.2) is 59.5 Å². The maximum Gasteiger partial charge on any atom is 0.291 e. The van der Waals surface area contributed by atoms with Crippen molar-refractivity contribution in [3.63, 3.8) is 0 Å². The summed E-state index contributed by atoms with van der Waals surface area (Å²) in [5, 5.41) is 9.06. The Hall–Kier alpha value is -3.45. The first-order valence-corrected chi connectivity index (χ1v) is 11.9. The van der Waals surface area contributed by atoms with Gasteiger partial charge in [-0.25, -0.2) is 4.68 Å². The maximum absolute atomic E-state index is 13.2. The number of aryl methyl sites for hydroxylation is 2. The molecule has 176 valence electrons. The Bertz CT molecular complexity index is 1400. The monoisotopic (exact) mass is 457 g/mol. The molecule has 1 N–H and O–H groups in total. The van der Waals surface area contributed by atoms with Crippen molar-refractivity contribution in [1.82, 2.24) is 24.6 Å². The molecule has 0 saturated carbocycles. The molecule has 1 aliphatic rings. The van der Waals surface area contributed by atoms with Crippen LogP contribution in [0.5, 0.6) is 0 Å². The van der Waals surface area contributed by atoms with Gasteiger partial charge in [-0.3, -0.25) is 14.5 Å². The second kappa shape index (κ2) is 9.06. The molecular formula is C27H31N5O2. The van der Waals surface area contributed by atoms with Crippen LogP contribution in [0.25, 0.3) is 21.8 Å². The molecule has 3 heterocycles. The molecule has 0 radical (unpaired) electrons. The van der Waals surface area contributed by atoms with E-state index in [1.54, 1.807) is 13.2 Å². The number of nitrogens with zero attached hydrogens (tertiary/aromatic N) is 4. The quantitative estimate of drug-likeness (QED) is 0.482. The minimum Gasteiger partial charge on any atom is -0.354 e. The maximum atomic E-state index is 13.2. The number of para-hydroxylation sites is 1. The Morgan fingerprint density at radius 1 is 1.15 bits per heavy atom. The standard InChI is InChI=1S/C27H31N5O2/c1-18-8-10-20(11-9-18)16-31-13-12-21(17-31)14-28-26(33)19(2)32-24-7-5-4-6-22(24)23-15-29-30(3)27(34)25(23)32/h4-11,15,19,21H,12-14,16-17H2,1-3H3,(H,28,33)/t19-,21+/m0/s1. The average molecular weight is 458 g/mol. The highest BCUT2D eigenvalue weighted by Gasteiger charge is 2.26. The van der Waals surface area contributed by atoms with E-state index in [9.17, 15) is 9.59 Å². The van der Waals surface area contributed by atoms with Crippen LogP contribution < -0.4 is 10.9 Å². The van der Waals surface area contributed by atoms with Gasteiger partial charge >= 0.3 is 0 Å². The highest BCUT2D eigenvalue weighted by molar-refractivity contribution is 6.08. The van der Waals surface area contributed by atoms with E-state index in [-0.39, 0.29) is 11.5 Å². The molecule has 2 atom stereocenters. The van der Waals surface area contributed by atoms with Crippen molar-refractivity contribution in [2.24, 2.45) is 13.0 Å². The van der Waals surface area contributed by atoms with Crippen molar-refractivity contribution in [2.45, 2.75) is 32.9 Å². The third kappa shape index (κ3) is 4.12. The van der Waals surface area contributed by atoms with E-state index in [4.69, 9.17) is 0 Å².